The summed E-state index contributed by atoms with van der Waals surface area (Å²) in [5.41, 5.74) is 8.08. The first kappa shape index (κ1) is 11.3. The van der Waals surface area contributed by atoms with E-state index in [4.69, 9.17) is 5.53 Å². The molecule has 0 spiro atoms. The average molecular weight is 198 g/mol. The number of likely N-dealkylation sites (tertiary alicyclic amines) is 1. The summed E-state index contributed by atoms with van der Waals surface area (Å²) in [7, 11) is 0. The lowest BCUT2D eigenvalue weighted by Crippen LogP contribution is -2.25. The first-order valence-corrected chi connectivity index (χ1v) is 5.15. The fourth-order valence-corrected chi connectivity index (χ4v) is 1.87. The van der Waals surface area contributed by atoms with Crippen LogP contribution in [0.1, 0.15) is 19.8 Å². The van der Waals surface area contributed by atoms with Crippen molar-refractivity contribution < 1.29 is 5.11 Å². The van der Waals surface area contributed by atoms with Crippen LogP contribution in [0.25, 0.3) is 10.4 Å². The Labute approximate surface area is 84.3 Å². The van der Waals surface area contributed by atoms with Gasteiger partial charge in [0.05, 0.1) is 6.10 Å². The Bertz CT molecular complexity index is 213. The SMILES string of the molecule is CC(O)C1CCN(CCCN=[N+]=[N-])C1. The number of rotatable bonds is 5. The molecule has 0 aromatic carbocycles. The summed E-state index contributed by atoms with van der Waals surface area (Å²) < 4.78 is 0. The van der Waals surface area contributed by atoms with Gasteiger partial charge in [0.2, 0.25) is 0 Å². The van der Waals surface area contributed by atoms with Crippen molar-refractivity contribution in [2.75, 3.05) is 26.2 Å². The van der Waals surface area contributed by atoms with Crippen molar-refractivity contribution in [3.8, 4) is 0 Å². The largest absolute Gasteiger partial charge is 0.393 e. The second kappa shape index (κ2) is 5.86. The van der Waals surface area contributed by atoms with E-state index in [1.54, 1.807) is 0 Å². The minimum atomic E-state index is -0.197. The Morgan fingerprint density at radius 3 is 3.07 bits per heavy atom. The first-order valence-electron chi connectivity index (χ1n) is 5.15. The van der Waals surface area contributed by atoms with Crippen LogP contribution in [-0.2, 0) is 0 Å². The molecule has 1 aliphatic rings. The van der Waals surface area contributed by atoms with Gasteiger partial charge in [-0.1, -0.05) is 5.11 Å². The molecule has 14 heavy (non-hydrogen) atoms. The van der Waals surface area contributed by atoms with Gasteiger partial charge in [0.1, 0.15) is 0 Å². The molecule has 2 unspecified atom stereocenters. The summed E-state index contributed by atoms with van der Waals surface area (Å²) in [6.45, 7) is 5.45. The van der Waals surface area contributed by atoms with E-state index in [0.29, 0.717) is 12.5 Å². The minimum absolute atomic E-state index is 0.197. The molecular weight excluding hydrogens is 180 g/mol. The summed E-state index contributed by atoms with van der Waals surface area (Å²) in [6.07, 6.45) is 1.80. The Morgan fingerprint density at radius 2 is 2.50 bits per heavy atom. The van der Waals surface area contributed by atoms with Crippen LogP contribution in [0.15, 0.2) is 5.11 Å². The van der Waals surface area contributed by atoms with Gasteiger partial charge in [0.15, 0.2) is 0 Å². The Kier molecular flexibility index (Phi) is 4.73. The van der Waals surface area contributed by atoms with Crippen molar-refractivity contribution in [1.82, 2.24) is 4.90 Å². The second-order valence-corrected chi connectivity index (χ2v) is 3.90. The molecule has 0 aromatic rings. The molecule has 0 radical (unpaired) electrons. The van der Waals surface area contributed by atoms with Gasteiger partial charge in [-0.25, -0.2) is 0 Å². The molecule has 5 nitrogen and oxygen atoms in total. The fraction of sp³-hybridized carbons (Fsp3) is 1.00. The monoisotopic (exact) mass is 198 g/mol. The molecule has 1 fully saturated rings. The molecule has 1 rings (SSSR count). The molecule has 0 aliphatic carbocycles. The predicted octanol–water partition coefficient (Wildman–Crippen LogP) is 1.39. The van der Waals surface area contributed by atoms with E-state index in [1.807, 2.05) is 6.92 Å². The summed E-state index contributed by atoms with van der Waals surface area (Å²) in [5.74, 6) is 0.425. The lowest BCUT2D eigenvalue weighted by Gasteiger charge is -2.16. The van der Waals surface area contributed by atoms with Crippen molar-refractivity contribution in [2.45, 2.75) is 25.9 Å². The maximum Gasteiger partial charge on any atom is 0.0552 e. The highest BCUT2D eigenvalue weighted by molar-refractivity contribution is 4.78. The van der Waals surface area contributed by atoms with E-state index in [1.165, 1.54) is 0 Å². The van der Waals surface area contributed by atoms with Gasteiger partial charge in [-0.3, -0.25) is 0 Å². The third-order valence-corrected chi connectivity index (χ3v) is 2.79. The van der Waals surface area contributed by atoms with E-state index < -0.39 is 0 Å². The van der Waals surface area contributed by atoms with Crippen LogP contribution >= 0.6 is 0 Å². The molecule has 1 heterocycles. The van der Waals surface area contributed by atoms with Crippen LogP contribution in [0.2, 0.25) is 0 Å². The molecule has 5 heteroatoms. The number of azide groups is 1. The number of hydrogen-bond donors (Lipinski definition) is 1. The molecule has 2 atom stereocenters. The van der Waals surface area contributed by atoms with Crippen molar-refractivity contribution >= 4 is 0 Å². The smallest absolute Gasteiger partial charge is 0.0552 e. The standard InChI is InChI=1S/C9H18N4O/c1-8(14)9-3-6-13(7-9)5-2-4-11-12-10/h8-9,14H,2-7H2,1H3. The van der Waals surface area contributed by atoms with Crippen molar-refractivity contribution in [3.05, 3.63) is 10.4 Å². The molecule has 1 saturated heterocycles. The minimum Gasteiger partial charge on any atom is -0.393 e. The molecular formula is C9H18N4O. The lowest BCUT2D eigenvalue weighted by atomic mass is 10.0. The Morgan fingerprint density at radius 1 is 1.71 bits per heavy atom. The van der Waals surface area contributed by atoms with Crippen molar-refractivity contribution in [1.29, 1.82) is 0 Å². The topological polar surface area (TPSA) is 72.2 Å². The number of hydrogen-bond acceptors (Lipinski definition) is 3. The van der Waals surface area contributed by atoms with Gasteiger partial charge >= 0.3 is 0 Å². The second-order valence-electron chi connectivity index (χ2n) is 3.90. The predicted molar refractivity (Wildman–Crippen MR) is 54.9 cm³/mol. The molecule has 0 bridgehead atoms. The zero-order valence-electron chi connectivity index (χ0n) is 8.63. The van der Waals surface area contributed by atoms with Crippen LogP contribution in [0.4, 0.5) is 0 Å². The molecule has 0 aromatic heterocycles. The van der Waals surface area contributed by atoms with Gasteiger partial charge in [-0.2, -0.15) is 0 Å². The lowest BCUT2D eigenvalue weighted by molar-refractivity contribution is 0.128. The molecule has 1 aliphatic heterocycles. The van der Waals surface area contributed by atoms with Crippen LogP contribution < -0.4 is 0 Å². The van der Waals surface area contributed by atoms with E-state index in [0.717, 1.165) is 32.5 Å². The van der Waals surface area contributed by atoms with Gasteiger partial charge < -0.3 is 10.0 Å². The average Bonchev–Trinajstić information content (AvgIpc) is 2.61. The highest BCUT2D eigenvalue weighted by Gasteiger charge is 2.24. The third kappa shape index (κ3) is 3.54. The summed E-state index contributed by atoms with van der Waals surface area (Å²) >= 11 is 0. The zero-order chi connectivity index (χ0) is 10.4. The Balaban J connectivity index is 2.13. The Hall–Kier alpha value is -0.770. The van der Waals surface area contributed by atoms with Gasteiger partial charge in [0.25, 0.3) is 0 Å². The fourth-order valence-electron chi connectivity index (χ4n) is 1.87. The third-order valence-electron chi connectivity index (χ3n) is 2.79. The maximum absolute atomic E-state index is 9.39. The summed E-state index contributed by atoms with van der Waals surface area (Å²) in [5, 5.41) is 12.9. The van der Waals surface area contributed by atoms with Crippen molar-refractivity contribution in [2.24, 2.45) is 11.0 Å². The van der Waals surface area contributed by atoms with E-state index in [-0.39, 0.29) is 6.10 Å². The van der Waals surface area contributed by atoms with Crippen molar-refractivity contribution in [3.63, 3.8) is 0 Å². The summed E-state index contributed by atoms with van der Waals surface area (Å²) in [4.78, 5) is 5.03. The zero-order valence-corrected chi connectivity index (χ0v) is 8.63. The molecule has 0 saturated carbocycles. The molecule has 80 valence electrons. The number of aliphatic hydroxyl groups excluding tert-OH is 1. The first-order chi connectivity index (χ1) is 6.74. The van der Waals surface area contributed by atoms with Crippen LogP contribution in [0.5, 0.6) is 0 Å². The van der Waals surface area contributed by atoms with Gasteiger partial charge in [0, 0.05) is 18.0 Å². The van der Waals surface area contributed by atoms with Crippen LogP contribution in [-0.4, -0.2) is 42.3 Å². The molecule has 0 amide bonds. The normalized spacial score (nSPS) is 24.6. The number of aliphatic hydroxyl groups is 1. The molecule has 1 N–H and O–H groups in total. The van der Waals surface area contributed by atoms with Crippen LogP contribution in [0, 0.1) is 5.92 Å². The maximum atomic E-state index is 9.39. The van der Waals surface area contributed by atoms with Crippen LogP contribution in [0.3, 0.4) is 0 Å². The van der Waals surface area contributed by atoms with E-state index >= 15 is 0 Å². The van der Waals surface area contributed by atoms with E-state index in [2.05, 4.69) is 14.9 Å². The highest BCUT2D eigenvalue weighted by atomic mass is 16.3. The van der Waals surface area contributed by atoms with Gasteiger partial charge in [-0.15, -0.1) is 0 Å². The van der Waals surface area contributed by atoms with Gasteiger partial charge in [-0.05, 0) is 44.3 Å². The number of nitrogens with zero attached hydrogens (tertiary/aromatic N) is 4. The van der Waals surface area contributed by atoms with E-state index in [9.17, 15) is 5.11 Å². The summed E-state index contributed by atoms with van der Waals surface area (Å²) in [6, 6.07) is 0. The highest BCUT2D eigenvalue weighted by Crippen LogP contribution is 2.19. The quantitative estimate of drug-likeness (QED) is 0.314.